The zero-order valence-electron chi connectivity index (χ0n) is 15.7. The lowest BCUT2D eigenvalue weighted by Gasteiger charge is -2.20. The molecule has 0 aliphatic heterocycles. The van der Waals surface area contributed by atoms with Crippen LogP contribution in [-0.4, -0.2) is 33.6 Å². The summed E-state index contributed by atoms with van der Waals surface area (Å²) >= 11 is 0. The number of carbonyl (C=O) groups is 2. The zero-order valence-corrected chi connectivity index (χ0v) is 15.7. The van der Waals surface area contributed by atoms with Gasteiger partial charge in [-0.3, -0.25) is 9.59 Å². The number of pyridine rings is 1. The third-order valence-electron chi connectivity index (χ3n) is 3.46. The molecule has 0 aliphatic carbocycles. The minimum absolute atomic E-state index is 0.212. The van der Waals surface area contributed by atoms with Crippen molar-refractivity contribution in [3.8, 4) is 16.9 Å². The molecule has 0 amide bonds. The smallest absolute Gasteiger partial charge is 0.477 e. The third-order valence-corrected chi connectivity index (χ3v) is 3.46. The van der Waals surface area contributed by atoms with Crippen LogP contribution in [0.1, 0.15) is 31.1 Å². The van der Waals surface area contributed by atoms with E-state index in [0.29, 0.717) is 5.56 Å². The van der Waals surface area contributed by atoms with Crippen LogP contribution in [-0.2, 0) is 16.1 Å². The molecule has 0 aliphatic rings. The molecule has 0 spiro atoms. The van der Waals surface area contributed by atoms with E-state index in [0.717, 1.165) is 22.8 Å². The molecular formula is C19H18F3NO6. The summed E-state index contributed by atoms with van der Waals surface area (Å²) in [6, 6.07) is 5.71. The first-order valence-corrected chi connectivity index (χ1v) is 8.31. The lowest BCUT2D eigenvalue weighted by Crippen LogP contribution is -2.32. The van der Waals surface area contributed by atoms with E-state index in [-0.39, 0.29) is 5.56 Å². The van der Waals surface area contributed by atoms with Gasteiger partial charge in [0.1, 0.15) is 23.5 Å². The van der Waals surface area contributed by atoms with Crippen LogP contribution in [0.15, 0.2) is 41.3 Å². The maximum atomic E-state index is 12.3. The average Bonchev–Trinajstić information content (AvgIpc) is 2.54. The van der Waals surface area contributed by atoms with Crippen molar-refractivity contribution in [1.82, 2.24) is 4.57 Å². The Morgan fingerprint density at radius 1 is 1.07 bits per heavy atom. The van der Waals surface area contributed by atoms with Gasteiger partial charge in [-0.15, -0.1) is 13.2 Å². The van der Waals surface area contributed by atoms with Crippen molar-refractivity contribution >= 4 is 11.9 Å². The highest BCUT2D eigenvalue weighted by Gasteiger charge is 2.31. The van der Waals surface area contributed by atoms with Gasteiger partial charge in [0.15, 0.2) is 0 Å². The van der Waals surface area contributed by atoms with Gasteiger partial charge in [-0.05, 0) is 50.1 Å². The largest absolute Gasteiger partial charge is 0.573 e. The lowest BCUT2D eigenvalue weighted by molar-refractivity contribution is -0.274. The number of aromatic nitrogens is 1. The van der Waals surface area contributed by atoms with Gasteiger partial charge in [-0.1, -0.05) is 12.1 Å². The van der Waals surface area contributed by atoms with Crippen LogP contribution in [0.2, 0.25) is 0 Å². The van der Waals surface area contributed by atoms with Crippen LogP contribution in [0, 0.1) is 0 Å². The van der Waals surface area contributed by atoms with E-state index in [2.05, 4.69) is 4.74 Å². The Morgan fingerprint density at radius 2 is 1.66 bits per heavy atom. The van der Waals surface area contributed by atoms with Crippen LogP contribution < -0.4 is 10.3 Å². The van der Waals surface area contributed by atoms with Gasteiger partial charge >= 0.3 is 18.3 Å². The number of rotatable bonds is 5. The van der Waals surface area contributed by atoms with E-state index in [1.807, 2.05) is 0 Å². The minimum atomic E-state index is -4.85. The van der Waals surface area contributed by atoms with E-state index in [9.17, 15) is 32.7 Å². The van der Waals surface area contributed by atoms with Gasteiger partial charge in [-0.25, -0.2) is 4.79 Å². The molecule has 2 aromatic rings. The summed E-state index contributed by atoms with van der Waals surface area (Å²) in [5, 5.41) is 9.28. The summed E-state index contributed by atoms with van der Waals surface area (Å²) < 4.78 is 46.6. The normalized spacial score (nSPS) is 11.8. The van der Waals surface area contributed by atoms with Crippen molar-refractivity contribution in [2.45, 2.75) is 39.3 Å². The number of aromatic carboxylic acids is 1. The second kappa shape index (κ2) is 7.98. The Morgan fingerprint density at radius 3 is 2.14 bits per heavy atom. The van der Waals surface area contributed by atoms with Gasteiger partial charge in [0.25, 0.3) is 5.56 Å². The Kier molecular flexibility index (Phi) is 6.05. The maximum Gasteiger partial charge on any atom is 0.573 e. The lowest BCUT2D eigenvalue weighted by atomic mass is 10.1. The van der Waals surface area contributed by atoms with E-state index in [1.165, 1.54) is 18.3 Å². The number of carboxylic acid groups (broad SMARTS) is 1. The predicted octanol–water partition coefficient (Wildman–Crippen LogP) is 3.45. The molecule has 0 saturated heterocycles. The summed E-state index contributed by atoms with van der Waals surface area (Å²) in [5.74, 6) is -2.71. The van der Waals surface area contributed by atoms with Crippen LogP contribution in [0.3, 0.4) is 0 Å². The topological polar surface area (TPSA) is 94.8 Å². The SMILES string of the molecule is CC(C)(C)OC(=O)Cn1cc(-c2ccc(OC(F)(F)F)cc2)cc(C(=O)O)c1=O. The number of hydrogen-bond donors (Lipinski definition) is 1. The van der Waals surface area contributed by atoms with Gasteiger partial charge in [-0.2, -0.15) is 0 Å². The van der Waals surface area contributed by atoms with E-state index < -0.39 is 47.3 Å². The molecule has 2 rings (SSSR count). The van der Waals surface area contributed by atoms with Crippen LogP contribution >= 0.6 is 0 Å². The molecule has 7 nitrogen and oxygen atoms in total. The number of nitrogens with zero attached hydrogens (tertiary/aromatic N) is 1. The van der Waals surface area contributed by atoms with Crippen molar-refractivity contribution in [3.63, 3.8) is 0 Å². The molecule has 1 aromatic heterocycles. The Labute approximate surface area is 163 Å². The van der Waals surface area contributed by atoms with Gasteiger partial charge in [0.05, 0.1) is 0 Å². The van der Waals surface area contributed by atoms with Crippen LogP contribution in [0.5, 0.6) is 5.75 Å². The van der Waals surface area contributed by atoms with Gasteiger partial charge in [0, 0.05) is 6.20 Å². The van der Waals surface area contributed by atoms with E-state index in [4.69, 9.17) is 4.74 Å². The van der Waals surface area contributed by atoms with Crippen molar-refractivity contribution in [1.29, 1.82) is 0 Å². The van der Waals surface area contributed by atoms with Crippen molar-refractivity contribution in [2.75, 3.05) is 0 Å². The fraction of sp³-hybridized carbons (Fsp3) is 0.316. The molecule has 1 aromatic carbocycles. The second-order valence-corrected chi connectivity index (χ2v) is 7.04. The molecule has 156 valence electrons. The molecular weight excluding hydrogens is 395 g/mol. The fourth-order valence-corrected chi connectivity index (χ4v) is 2.43. The standard InChI is InChI=1S/C19H18F3NO6/c1-18(2,3)29-15(24)10-23-9-12(8-14(16(23)25)17(26)27)11-4-6-13(7-5-11)28-19(20,21)22/h4-9H,10H2,1-3H3,(H,26,27). The first-order valence-electron chi connectivity index (χ1n) is 8.31. The highest BCUT2D eigenvalue weighted by molar-refractivity contribution is 5.89. The Hall–Kier alpha value is -3.30. The fourth-order valence-electron chi connectivity index (χ4n) is 2.43. The van der Waals surface area contributed by atoms with Crippen molar-refractivity contribution < 1.29 is 37.3 Å². The number of halogens is 3. The molecule has 29 heavy (non-hydrogen) atoms. The number of ether oxygens (including phenoxy) is 2. The van der Waals surface area contributed by atoms with Crippen molar-refractivity contribution in [3.05, 3.63) is 52.4 Å². The molecule has 0 unspecified atom stereocenters. The molecule has 0 radical (unpaired) electrons. The second-order valence-electron chi connectivity index (χ2n) is 7.04. The molecule has 1 N–H and O–H groups in total. The minimum Gasteiger partial charge on any atom is -0.477 e. The summed E-state index contributed by atoms with van der Waals surface area (Å²) in [6.45, 7) is 4.38. The number of benzene rings is 1. The summed E-state index contributed by atoms with van der Waals surface area (Å²) in [7, 11) is 0. The van der Waals surface area contributed by atoms with Gasteiger partial charge in [0.2, 0.25) is 0 Å². The van der Waals surface area contributed by atoms with E-state index in [1.54, 1.807) is 20.8 Å². The zero-order chi connectivity index (χ0) is 22.0. The first kappa shape index (κ1) is 22.0. The summed E-state index contributed by atoms with van der Waals surface area (Å²) in [5.41, 5.74) is -1.78. The molecule has 0 atom stereocenters. The maximum absolute atomic E-state index is 12.3. The quantitative estimate of drug-likeness (QED) is 0.755. The van der Waals surface area contributed by atoms with E-state index >= 15 is 0 Å². The highest BCUT2D eigenvalue weighted by atomic mass is 19.4. The average molecular weight is 413 g/mol. The molecule has 0 bridgehead atoms. The number of esters is 1. The first-order chi connectivity index (χ1) is 13.2. The Bertz CT molecular complexity index is 971. The molecule has 1 heterocycles. The van der Waals surface area contributed by atoms with Crippen LogP contribution in [0.4, 0.5) is 13.2 Å². The van der Waals surface area contributed by atoms with Gasteiger partial charge < -0.3 is 19.1 Å². The third kappa shape index (κ3) is 6.37. The number of carboxylic acids is 1. The van der Waals surface area contributed by atoms with Crippen molar-refractivity contribution in [2.24, 2.45) is 0 Å². The monoisotopic (exact) mass is 413 g/mol. The number of carbonyl (C=O) groups excluding carboxylic acids is 1. The predicted molar refractivity (Wildman–Crippen MR) is 95.6 cm³/mol. The Balaban J connectivity index is 2.42. The summed E-state index contributed by atoms with van der Waals surface area (Å²) in [6.07, 6.45) is -3.61. The van der Waals surface area contributed by atoms with Crippen LogP contribution in [0.25, 0.3) is 11.1 Å². The molecule has 0 saturated carbocycles. The molecule has 0 fully saturated rings. The number of alkyl halides is 3. The summed E-state index contributed by atoms with van der Waals surface area (Å²) in [4.78, 5) is 35.8. The highest BCUT2D eigenvalue weighted by Crippen LogP contribution is 2.26. The molecule has 10 heteroatoms. The number of hydrogen-bond acceptors (Lipinski definition) is 5.